The topological polar surface area (TPSA) is 86.6 Å². The molecule has 0 spiro atoms. The van der Waals surface area contributed by atoms with Gasteiger partial charge < -0.3 is 15.5 Å². The lowest BCUT2D eigenvalue weighted by molar-refractivity contribution is -0.145. The molecule has 1 aromatic rings. The molecule has 0 heterocycles. The van der Waals surface area contributed by atoms with E-state index in [9.17, 15) is 19.8 Å². The van der Waals surface area contributed by atoms with E-state index in [1.165, 1.54) is 12.1 Å². The third kappa shape index (κ3) is 3.56. The molecule has 0 aliphatic heterocycles. The number of amides is 1. The Hall–Kier alpha value is -1.56. The van der Waals surface area contributed by atoms with E-state index in [0.717, 1.165) is 25.7 Å². The molecule has 0 unspecified atom stereocenters. The zero-order valence-electron chi connectivity index (χ0n) is 11.6. The molecule has 0 atom stereocenters. The Balaban J connectivity index is 2.24. The molecule has 5 nitrogen and oxygen atoms in total. The first-order chi connectivity index (χ1) is 9.94. The third-order valence-electron chi connectivity index (χ3n) is 3.92. The molecule has 21 heavy (non-hydrogen) atoms. The van der Waals surface area contributed by atoms with Gasteiger partial charge in [-0.3, -0.25) is 4.79 Å². The summed E-state index contributed by atoms with van der Waals surface area (Å²) in [6, 6.07) is 4.52. The molecule has 0 saturated heterocycles. The molecule has 0 bridgehead atoms. The lowest BCUT2D eigenvalue weighted by atomic mass is 9.89. The van der Waals surface area contributed by atoms with E-state index in [2.05, 4.69) is 21.2 Å². The number of phenolic OH excluding ortho intramolecular Hbond substituents is 1. The van der Waals surface area contributed by atoms with Crippen molar-refractivity contribution in [3.63, 3.8) is 0 Å². The molecule has 0 aromatic heterocycles. The smallest absolute Gasteiger partial charge is 0.329 e. The first-order valence-electron chi connectivity index (χ1n) is 6.99. The van der Waals surface area contributed by atoms with E-state index in [0.29, 0.717) is 17.3 Å². The van der Waals surface area contributed by atoms with Crippen LogP contribution in [0, 0.1) is 0 Å². The largest absolute Gasteiger partial charge is 0.507 e. The SMILES string of the molecule is O=C(NC1(C(=O)O)CCCCCC1)c1ccc(Br)cc1O. The number of benzene rings is 1. The lowest BCUT2D eigenvalue weighted by Crippen LogP contribution is -2.54. The highest BCUT2D eigenvalue weighted by Gasteiger charge is 2.40. The van der Waals surface area contributed by atoms with Crippen LogP contribution in [0.25, 0.3) is 0 Å². The van der Waals surface area contributed by atoms with Gasteiger partial charge in [0.15, 0.2) is 0 Å². The van der Waals surface area contributed by atoms with Gasteiger partial charge in [0.05, 0.1) is 5.56 Å². The summed E-state index contributed by atoms with van der Waals surface area (Å²) >= 11 is 3.20. The third-order valence-corrected chi connectivity index (χ3v) is 4.42. The van der Waals surface area contributed by atoms with Gasteiger partial charge >= 0.3 is 5.97 Å². The van der Waals surface area contributed by atoms with Crippen LogP contribution in [0.1, 0.15) is 48.9 Å². The summed E-state index contributed by atoms with van der Waals surface area (Å²) in [6.07, 6.45) is 4.36. The van der Waals surface area contributed by atoms with Crippen molar-refractivity contribution in [1.82, 2.24) is 5.32 Å². The number of rotatable bonds is 3. The van der Waals surface area contributed by atoms with E-state index in [-0.39, 0.29) is 11.3 Å². The maximum atomic E-state index is 12.3. The summed E-state index contributed by atoms with van der Waals surface area (Å²) in [7, 11) is 0. The molecule has 3 N–H and O–H groups in total. The lowest BCUT2D eigenvalue weighted by Gasteiger charge is -2.29. The first kappa shape index (κ1) is 15.8. The van der Waals surface area contributed by atoms with Gasteiger partial charge in [0.1, 0.15) is 11.3 Å². The number of aliphatic carboxylic acids is 1. The maximum absolute atomic E-state index is 12.3. The minimum absolute atomic E-state index is 0.0862. The van der Waals surface area contributed by atoms with Gasteiger partial charge in [-0.15, -0.1) is 0 Å². The van der Waals surface area contributed by atoms with Crippen molar-refractivity contribution < 1.29 is 19.8 Å². The van der Waals surface area contributed by atoms with Crippen LogP contribution in [0.5, 0.6) is 5.75 Å². The Labute approximate surface area is 131 Å². The molecule has 0 radical (unpaired) electrons. The number of carboxylic acid groups (broad SMARTS) is 1. The summed E-state index contributed by atoms with van der Waals surface area (Å²) in [5, 5.41) is 22.0. The monoisotopic (exact) mass is 355 g/mol. The zero-order chi connectivity index (χ0) is 15.5. The highest BCUT2D eigenvalue weighted by atomic mass is 79.9. The fraction of sp³-hybridized carbons (Fsp3) is 0.467. The summed E-state index contributed by atoms with van der Waals surface area (Å²) < 4.78 is 0.652. The van der Waals surface area contributed by atoms with Gasteiger partial charge in [0, 0.05) is 4.47 Å². The molecule has 1 aliphatic rings. The molecule has 2 rings (SSSR count). The zero-order valence-corrected chi connectivity index (χ0v) is 13.1. The molecule has 1 aliphatic carbocycles. The van der Waals surface area contributed by atoms with E-state index >= 15 is 0 Å². The molecule has 6 heteroatoms. The van der Waals surface area contributed by atoms with Gasteiger partial charge in [-0.05, 0) is 31.0 Å². The van der Waals surface area contributed by atoms with Gasteiger partial charge in [-0.2, -0.15) is 0 Å². The van der Waals surface area contributed by atoms with Gasteiger partial charge in [0.2, 0.25) is 0 Å². The van der Waals surface area contributed by atoms with Crippen molar-refractivity contribution in [2.75, 3.05) is 0 Å². The second kappa shape index (κ2) is 6.47. The van der Waals surface area contributed by atoms with E-state index in [1.54, 1.807) is 6.07 Å². The van der Waals surface area contributed by atoms with Crippen molar-refractivity contribution in [3.8, 4) is 5.75 Å². The number of halogens is 1. The molecule has 1 amide bonds. The minimum atomic E-state index is -1.23. The number of nitrogens with one attached hydrogen (secondary N) is 1. The fourth-order valence-electron chi connectivity index (χ4n) is 2.71. The second-order valence-corrected chi connectivity index (χ2v) is 6.33. The molecule has 1 aromatic carbocycles. The van der Waals surface area contributed by atoms with E-state index in [4.69, 9.17) is 0 Å². The Morgan fingerprint density at radius 1 is 1.14 bits per heavy atom. The number of carbonyl (C=O) groups excluding carboxylic acids is 1. The normalized spacial score (nSPS) is 17.8. The molecule has 1 saturated carbocycles. The Morgan fingerprint density at radius 3 is 2.29 bits per heavy atom. The number of aromatic hydroxyl groups is 1. The van der Waals surface area contributed by atoms with Crippen molar-refractivity contribution in [1.29, 1.82) is 0 Å². The Morgan fingerprint density at radius 2 is 1.76 bits per heavy atom. The Kier molecular flexibility index (Phi) is 4.88. The summed E-state index contributed by atoms with van der Waals surface area (Å²) in [5.74, 6) is -1.73. The quantitative estimate of drug-likeness (QED) is 0.727. The van der Waals surface area contributed by atoms with Crippen molar-refractivity contribution in [2.45, 2.75) is 44.1 Å². The number of carboxylic acids is 1. The number of hydrogen-bond donors (Lipinski definition) is 3. The van der Waals surface area contributed by atoms with Crippen LogP contribution in [0.4, 0.5) is 0 Å². The predicted molar refractivity (Wildman–Crippen MR) is 81.3 cm³/mol. The van der Waals surface area contributed by atoms with Crippen molar-refractivity contribution >= 4 is 27.8 Å². The summed E-state index contributed by atoms with van der Waals surface area (Å²) in [5.41, 5.74) is -1.14. The van der Waals surface area contributed by atoms with Crippen LogP contribution in [0.2, 0.25) is 0 Å². The van der Waals surface area contributed by atoms with Crippen LogP contribution < -0.4 is 5.32 Å². The Bertz CT molecular complexity index is 551. The van der Waals surface area contributed by atoms with Crippen molar-refractivity contribution in [3.05, 3.63) is 28.2 Å². The van der Waals surface area contributed by atoms with Crippen LogP contribution >= 0.6 is 15.9 Å². The van der Waals surface area contributed by atoms with Crippen LogP contribution in [-0.2, 0) is 4.79 Å². The second-order valence-electron chi connectivity index (χ2n) is 5.42. The molecule has 114 valence electrons. The van der Waals surface area contributed by atoms with Crippen LogP contribution in [-0.4, -0.2) is 27.6 Å². The predicted octanol–water partition coefficient (Wildman–Crippen LogP) is 3.06. The fourth-order valence-corrected chi connectivity index (χ4v) is 3.05. The van der Waals surface area contributed by atoms with Gasteiger partial charge in [0.25, 0.3) is 5.91 Å². The average Bonchev–Trinajstić information content (AvgIpc) is 2.65. The van der Waals surface area contributed by atoms with Gasteiger partial charge in [-0.1, -0.05) is 41.6 Å². The highest BCUT2D eigenvalue weighted by Crippen LogP contribution is 2.29. The average molecular weight is 356 g/mol. The van der Waals surface area contributed by atoms with Gasteiger partial charge in [-0.25, -0.2) is 4.79 Å². The standard InChI is InChI=1S/C15H18BrNO4/c16-10-5-6-11(12(18)9-10)13(19)17-15(14(20)21)7-3-1-2-4-8-15/h5-6,9,18H,1-4,7-8H2,(H,17,19)(H,20,21). The summed E-state index contributed by atoms with van der Waals surface area (Å²) in [6.45, 7) is 0. The highest BCUT2D eigenvalue weighted by molar-refractivity contribution is 9.10. The molecular weight excluding hydrogens is 338 g/mol. The molecule has 1 fully saturated rings. The first-order valence-corrected chi connectivity index (χ1v) is 7.78. The maximum Gasteiger partial charge on any atom is 0.329 e. The number of carbonyl (C=O) groups is 2. The number of hydrogen-bond acceptors (Lipinski definition) is 3. The summed E-state index contributed by atoms with van der Waals surface area (Å²) in [4.78, 5) is 24.0. The molecular formula is C15H18BrNO4. The van der Waals surface area contributed by atoms with Crippen molar-refractivity contribution in [2.24, 2.45) is 0 Å². The van der Waals surface area contributed by atoms with E-state index < -0.39 is 17.4 Å². The van der Waals surface area contributed by atoms with Crippen LogP contribution in [0.3, 0.4) is 0 Å². The minimum Gasteiger partial charge on any atom is -0.507 e. The number of phenols is 1. The van der Waals surface area contributed by atoms with E-state index in [1.807, 2.05) is 0 Å². The van der Waals surface area contributed by atoms with Crippen LogP contribution in [0.15, 0.2) is 22.7 Å².